The highest BCUT2D eigenvalue weighted by atomic mass is 16.5. The Morgan fingerprint density at radius 1 is 1.63 bits per heavy atom. The highest BCUT2D eigenvalue weighted by Crippen LogP contribution is 2.43. The molecule has 0 bridgehead atoms. The molecule has 1 aliphatic rings. The fourth-order valence-corrected chi connectivity index (χ4v) is 3.59. The van der Waals surface area contributed by atoms with Crippen molar-refractivity contribution in [1.29, 1.82) is 0 Å². The van der Waals surface area contributed by atoms with Gasteiger partial charge in [-0.2, -0.15) is 0 Å². The van der Waals surface area contributed by atoms with E-state index in [2.05, 4.69) is 35.8 Å². The molecule has 1 N–H and O–H groups in total. The second kappa shape index (κ2) is 6.06. The monoisotopic (exact) mass is 265 g/mol. The van der Waals surface area contributed by atoms with E-state index in [1.165, 1.54) is 12.8 Å². The summed E-state index contributed by atoms with van der Waals surface area (Å²) in [6.07, 6.45) is 8.65. The molecule has 0 saturated heterocycles. The molecule has 4 nitrogen and oxygen atoms in total. The van der Waals surface area contributed by atoms with Crippen molar-refractivity contribution in [2.45, 2.75) is 51.2 Å². The molecule has 1 aromatic heterocycles. The Balaban J connectivity index is 2.32. The molecule has 3 atom stereocenters. The molecule has 0 aliphatic heterocycles. The first kappa shape index (κ1) is 14.5. The fourth-order valence-electron chi connectivity index (χ4n) is 3.59. The van der Waals surface area contributed by atoms with Gasteiger partial charge in [0.15, 0.2) is 0 Å². The van der Waals surface area contributed by atoms with Crippen molar-refractivity contribution in [2.24, 2.45) is 13.0 Å². The molecular formula is C15H27N3O. The highest BCUT2D eigenvalue weighted by Gasteiger charge is 2.44. The van der Waals surface area contributed by atoms with E-state index in [0.717, 1.165) is 31.2 Å². The van der Waals surface area contributed by atoms with Crippen LogP contribution in [0.2, 0.25) is 0 Å². The van der Waals surface area contributed by atoms with Crippen molar-refractivity contribution in [2.75, 3.05) is 13.7 Å². The zero-order chi connectivity index (χ0) is 13.9. The lowest BCUT2D eigenvalue weighted by atomic mass is 9.74. The number of imidazole rings is 1. The smallest absolute Gasteiger partial charge is 0.128 e. The van der Waals surface area contributed by atoms with E-state index >= 15 is 0 Å². The maximum absolute atomic E-state index is 6.26. The molecule has 3 unspecified atom stereocenters. The number of nitrogens with one attached hydrogen (secondary N) is 1. The van der Waals surface area contributed by atoms with E-state index in [4.69, 9.17) is 4.74 Å². The third kappa shape index (κ3) is 2.84. The van der Waals surface area contributed by atoms with Crippen molar-refractivity contribution in [3.05, 3.63) is 18.2 Å². The quantitative estimate of drug-likeness (QED) is 0.889. The molecule has 4 heteroatoms. The number of ether oxygens (including phenoxy) is 1. The molecule has 19 heavy (non-hydrogen) atoms. The minimum absolute atomic E-state index is 0.111. The van der Waals surface area contributed by atoms with E-state index in [1.54, 1.807) is 0 Å². The van der Waals surface area contributed by atoms with Gasteiger partial charge in [-0.1, -0.05) is 19.8 Å². The zero-order valence-electron chi connectivity index (χ0n) is 12.6. The first-order valence-electron chi connectivity index (χ1n) is 7.41. The lowest BCUT2D eigenvalue weighted by Crippen LogP contribution is -2.49. The molecule has 0 aromatic carbocycles. The molecule has 0 amide bonds. The summed E-state index contributed by atoms with van der Waals surface area (Å²) < 4.78 is 8.36. The van der Waals surface area contributed by atoms with Gasteiger partial charge in [-0.3, -0.25) is 0 Å². The maximum Gasteiger partial charge on any atom is 0.128 e. The summed E-state index contributed by atoms with van der Waals surface area (Å²) in [6.45, 7) is 5.18. The van der Waals surface area contributed by atoms with Crippen LogP contribution < -0.4 is 5.32 Å². The summed E-state index contributed by atoms with van der Waals surface area (Å²) in [5.41, 5.74) is -0.111. The second-order valence-corrected chi connectivity index (χ2v) is 5.82. The summed E-state index contributed by atoms with van der Waals surface area (Å²) >= 11 is 0. The van der Waals surface area contributed by atoms with E-state index in [1.807, 2.05) is 19.4 Å². The average molecular weight is 265 g/mol. The van der Waals surface area contributed by atoms with Gasteiger partial charge in [0, 0.05) is 26.0 Å². The lowest BCUT2D eigenvalue weighted by molar-refractivity contribution is -0.102. The molecule has 1 aliphatic carbocycles. The van der Waals surface area contributed by atoms with Gasteiger partial charge in [0.25, 0.3) is 0 Å². The van der Waals surface area contributed by atoms with Gasteiger partial charge in [0.2, 0.25) is 0 Å². The second-order valence-electron chi connectivity index (χ2n) is 5.82. The van der Waals surface area contributed by atoms with E-state index < -0.39 is 0 Å². The van der Waals surface area contributed by atoms with Crippen molar-refractivity contribution in [3.8, 4) is 0 Å². The summed E-state index contributed by atoms with van der Waals surface area (Å²) in [6, 6.07) is 0.162. The van der Waals surface area contributed by atoms with Gasteiger partial charge in [-0.05, 0) is 32.7 Å². The van der Waals surface area contributed by atoms with Crippen LogP contribution >= 0.6 is 0 Å². The minimum Gasteiger partial charge on any atom is -0.373 e. The summed E-state index contributed by atoms with van der Waals surface area (Å²) in [5, 5.41) is 3.45. The molecule has 0 radical (unpaired) electrons. The van der Waals surface area contributed by atoms with Gasteiger partial charge >= 0.3 is 0 Å². The third-order valence-corrected chi connectivity index (χ3v) is 4.35. The summed E-state index contributed by atoms with van der Waals surface area (Å²) in [4.78, 5) is 4.53. The highest BCUT2D eigenvalue weighted by molar-refractivity contribution is 5.09. The summed E-state index contributed by atoms with van der Waals surface area (Å²) in [5.74, 6) is 1.79. The van der Waals surface area contributed by atoms with E-state index in [9.17, 15) is 0 Å². The predicted octanol–water partition coefficient (Wildman–Crippen LogP) is 2.67. The van der Waals surface area contributed by atoms with Crippen LogP contribution in [0, 0.1) is 5.92 Å². The van der Waals surface area contributed by atoms with Gasteiger partial charge < -0.3 is 14.6 Å². The number of aromatic nitrogens is 2. The molecule has 2 rings (SSSR count). The molecule has 1 heterocycles. The van der Waals surface area contributed by atoms with Crippen molar-refractivity contribution >= 4 is 0 Å². The largest absolute Gasteiger partial charge is 0.373 e. The fraction of sp³-hybridized carbons (Fsp3) is 0.800. The van der Waals surface area contributed by atoms with Crippen molar-refractivity contribution < 1.29 is 4.74 Å². The normalized spacial score (nSPS) is 29.4. The van der Waals surface area contributed by atoms with Gasteiger partial charge in [-0.15, -0.1) is 0 Å². The Kier molecular flexibility index (Phi) is 4.63. The molecule has 1 aromatic rings. The van der Waals surface area contributed by atoms with Gasteiger partial charge in [0.05, 0.1) is 11.6 Å². The molecular weight excluding hydrogens is 238 g/mol. The Morgan fingerprint density at radius 3 is 2.95 bits per heavy atom. The van der Waals surface area contributed by atoms with Crippen LogP contribution in [0.25, 0.3) is 0 Å². The standard InChI is InChI=1S/C15H27N3O/c1-5-19-15(8-6-7-12(2)11-15)13(16-3)14-17-9-10-18(14)4/h9-10,12-13,16H,5-8,11H2,1-4H3. The number of nitrogens with zero attached hydrogens (tertiary/aromatic N) is 2. The number of aryl methyl sites for hydroxylation is 1. The van der Waals surface area contributed by atoms with Gasteiger partial charge in [0.1, 0.15) is 5.82 Å². The Labute approximate surface area is 116 Å². The molecule has 1 saturated carbocycles. The van der Waals surface area contributed by atoms with E-state index in [0.29, 0.717) is 0 Å². The topological polar surface area (TPSA) is 39.1 Å². The van der Waals surface area contributed by atoms with Crippen LogP contribution in [0.3, 0.4) is 0 Å². The SMILES string of the molecule is CCOC1(C(NC)c2nccn2C)CCCC(C)C1. The Hall–Kier alpha value is -0.870. The van der Waals surface area contributed by atoms with Crippen molar-refractivity contribution in [3.63, 3.8) is 0 Å². The maximum atomic E-state index is 6.26. The molecule has 0 spiro atoms. The number of hydrogen-bond donors (Lipinski definition) is 1. The predicted molar refractivity (Wildman–Crippen MR) is 77.0 cm³/mol. The average Bonchev–Trinajstić information content (AvgIpc) is 2.77. The third-order valence-electron chi connectivity index (χ3n) is 4.35. The van der Waals surface area contributed by atoms with Crippen LogP contribution in [0.4, 0.5) is 0 Å². The molecule has 1 fully saturated rings. The number of hydrogen-bond acceptors (Lipinski definition) is 3. The van der Waals surface area contributed by atoms with Crippen LogP contribution in [0.15, 0.2) is 12.4 Å². The molecule has 108 valence electrons. The zero-order valence-corrected chi connectivity index (χ0v) is 12.6. The lowest BCUT2D eigenvalue weighted by Gasteiger charge is -2.44. The number of rotatable bonds is 5. The van der Waals surface area contributed by atoms with E-state index in [-0.39, 0.29) is 11.6 Å². The summed E-state index contributed by atoms with van der Waals surface area (Å²) in [7, 11) is 4.07. The first-order valence-corrected chi connectivity index (χ1v) is 7.41. The first-order chi connectivity index (χ1) is 9.13. The van der Waals surface area contributed by atoms with Gasteiger partial charge in [-0.25, -0.2) is 4.98 Å². The van der Waals surface area contributed by atoms with Crippen LogP contribution in [0.1, 0.15) is 51.4 Å². The van der Waals surface area contributed by atoms with Crippen LogP contribution in [-0.2, 0) is 11.8 Å². The van der Waals surface area contributed by atoms with Crippen molar-refractivity contribution in [1.82, 2.24) is 14.9 Å². The van der Waals surface area contributed by atoms with Crippen LogP contribution in [-0.4, -0.2) is 28.8 Å². The Bertz CT molecular complexity index is 400. The van der Waals surface area contributed by atoms with Crippen LogP contribution in [0.5, 0.6) is 0 Å². The minimum atomic E-state index is -0.111. The Morgan fingerprint density at radius 2 is 2.42 bits per heavy atom. The number of likely N-dealkylation sites (N-methyl/N-ethyl adjacent to an activating group) is 1.